The van der Waals surface area contributed by atoms with Crippen molar-refractivity contribution in [1.29, 1.82) is 0 Å². The highest BCUT2D eigenvalue weighted by Crippen LogP contribution is 2.30. The first-order valence-electron chi connectivity index (χ1n) is 6.80. The first-order chi connectivity index (χ1) is 9.23. The molecular weight excluding hydrogens is 276 g/mol. The summed E-state index contributed by atoms with van der Waals surface area (Å²) in [6.07, 6.45) is 0. The molecule has 20 heavy (non-hydrogen) atoms. The third-order valence-corrected chi connectivity index (χ3v) is 3.87. The average molecular weight is 299 g/mol. The molecule has 0 aromatic heterocycles. The number of hydrogen-bond acceptors (Lipinski definition) is 3. The lowest BCUT2D eigenvalue weighted by Crippen LogP contribution is -2.25. The van der Waals surface area contributed by atoms with Crippen LogP contribution in [0.3, 0.4) is 0 Å². The molecule has 0 saturated carbocycles. The molecule has 0 fully saturated rings. The Labute approximate surface area is 125 Å². The van der Waals surface area contributed by atoms with Crippen molar-refractivity contribution in [2.45, 2.75) is 27.7 Å². The van der Waals surface area contributed by atoms with Crippen LogP contribution in [-0.2, 0) is 0 Å². The average Bonchev–Trinajstić information content (AvgIpc) is 2.29. The van der Waals surface area contributed by atoms with Gasteiger partial charge in [-0.15, -0.1) is 0 Å². The molecule has 1 aromatic rings. The zero-order valence-corrected chi connectivity index (χ0v) is 13.2. The van der Waals surface area contributed by atoms with Gasteiger partial charge in [-0.2, -0.15) is 0 Å². The van der Waals surface area contributed by atoms with Gasteiger partial charge in [-0.3, -0.25) is 0 Å². The highest BCUT2D eigenvalue weighted by atomic mass is 35.5. The van der Waals surface area contributed by atoms with Crippen molar-refractivity contribution in [2.24, 2.45) is 17.8 Å². The van der Waals surface area contributed by atoms with E-state index in [1.54, 1.807) is 6.07 Å². The van der Waals surface area contributed by atoms with E-state index < -0.39 is 5.97 Å². The Balaban J connectivity index is 3.00. The summed E-state index contributed by atoms with van der Waals surface area (Å²) in [5, 5.41) is 12.8. The summed E-state index contributed by atoms with van der Waals surface area (Å²) in [5.41, 5.74) is 6.55. The number of carboxylic acids is 1. The van der Waals surface area contributed by atoms with E-state index in [2.05, 4.69) is 33.0 Å². The molecule has 4 N–H and O–H groups in total. The molecule has 0 radical (unpaired) electrons. The van der Waals surface area contributed by atoms with Crippen LogP contribution in [0.2, 0.25) is 5.02 Å². The summed E-state index contributed by atoms with van der Waals surface area (Å²) in [6, 6.07) is 2.99. The first-order valence-corrected chi connectivity index (χ1v) is 7.18. The summed E-state index contributed by atoms with van der Waals surface area (Å²) >= 11 is 6.12. The highest BCUT2D eigenvalue weighted by Gasteiger charge is 2.20. The second kappa shape index (κ2) is 6.84. The van der Waals surface area contributed by atoms with Crippen LogP contribution < -0.4 is 11.1 Å². The smallest absolute Gasteiger partial charge is 0.337 e. The Morgan fingerprint density at radius 3 is 2.30 bits per heavy atom. The minimum Gasteiger partial charge on any atom is -0.478 e. The van der Waals surface area contributed by atoms with Gasteiger partial charge in [0.05, 0.1) is 16.3 Å². The lowest BCUT2D eigenvalue weighted by Gasteiger charge is -2.26. The predicted octanol–water partition coefficient (Wildman–Crippen LogP) is 3.96. The SMILES string of the molecule is CC(C)C(CNc1c(Cl)cc(N)cc1C(=O)O)C(C)C. The molecule has 0 bridgehead atoms. The van der Waals surface area contributed by atoms with E-state index in [4.69, 9.17) is 17.3 Å². The van der Waals surface area contributed by atoms with Gasteiger partial charge in [-0.1, -0.05) is 39.3 Å². The minimum atomic E-state index is -1.03. The molecule has 0 aliphatic carbocycles. The standard InChI is InChI=1S/C15H23ClN2O2/c1-8(2)12(9(3)4)7-18-14-11(15(19)20)5-10(17)6-13(14)16/h5-6,8-9,12,18H,7,17H2,1-4H3,(H,19,20). The number of halogens is 1. The van der Waals surface area contributed by atoms with E-state index in [0.717, 1.165) is 0 Å². The summed E-state index contributed by atoms with van der Waals surface area (Å²) in [7, 11) is 0. The summed E-state index contributed by atoms with van der Waals surface area (Å²) in [4.78, 5) is 11.3. The molecule has 0 aliphatic heterocycles. The van der Waals surface area contributed by atoms with Crippen molar-refractivity contribution in [1.82, 2.24) is 0 Å². The number of hydrogen-bond donors (Lipinski definition) is 3. The summed E-state index contributed by atoms with van der Waals surface area (Å²) < 4.78 is 0. The van der Waals surface area contributed by atoms with Gasteiger partial charge in [-0.05, 0) is 29.9 Å². The number of nitrogen functional groups attached to an aromatic ring is 1. The minimum absolute atomic E-state index is 0.112. The molecule has 112 valence electrons. The Morgan fingerprint density at radius 1 is 1.30 bits per heavy atom. The maximum absolute atomic E-state index is 11.3. The van der Waals surface area contributed by atoms with E-state index >= 15 is 0 Å². The van der Waals surface area contributed by atoms with Gasteiger partial charge in [0.15, 0.2) is 0 Å². The maximum Gasteiger partial charge on any atom is 0.337 e. The van der Waals surface area contributed by atoms with E-state index in [1.807, 2.05) is 0 Å². The van der Waals surface area contributed by atoms with Crippen molar-refractivity contribution < 1.29 is 9.90 Å². The summed E-state index contributed by atoms with van der Waals surface area (Å²) in [6.45, 7) is 9.33. The predicted molar refractivity (Wildman–Crippen MR) is 84.5 cm³/mol. The van der Waals surface area contributed by atoms with Crippen molar-refractivity contribution in [3.63, 3.8) is 0 Å². The first kappa shape index (κ1) is 16.6. The van der Waals surface area contributed by atoms with Crippen molar-refractivity contribution in [3.05, 3.63) is 22.7 Å². The number of aromatic carboxylic acids is 1. The fourth-order valence-electron chi connectivity index (χ4n) is 2.44. The molecule has 5 heteroatoms. The molecule has 0 amide bonds. The lowest BCUT2D eigenvalue weighted by atomic mass is 9.85. The Kier molecular flexibility index (Phi) is 5.69. The van der Waals surface area contributed by atoms with Crippen molar-refractivity contribution in [3.8, 4) is 0 Å². The second-order valence-electron chi connectivity index (χ2n) is 5.76. The fourth-order valence-corrected chi connectivity index (χ4v) is 2.73. The number of carbonyl (C=O) groups is 1. The largest absolute Gasteiger partial charge is 0.478 e. The number of benzene rings is 1. The third-order valence-electron chi connectivity index (χ3n) is 3.57. The van der Waals surface area contributed by atoms with Crippen LogP contribution in [0.1, 0.15) is 38.1 Å². The van der Waals surface area contributed by atoms with Gasteiger partial charge in [0, 0.05) is 12.2 Å². The van der Waals surface area contributed by atoms with Gasteiger partial charge in [0.2, 0.25) is 0 Å². The molecule has 0 spiro atoms. The van der Waals surface area contributed by atoms with E-state index in [-0.39, 0.29) is 5.56 Å². The van der Waals surface area contributed by atoms with Crippen LogP contribution in [0.5, 0.6) is 0 Å². The zero-order chi connectivity index (χ0) is 15.4. The number of nitrogens with one attached hydrogen (secondary N) is 1. The Hall–Kier alpha value is -1.42. The van der Waals surface area contributed by atoms with E-state index in [1.165, 1.54) is 6.07 Å². The molecule has 1 rings (SSSR count). The molecule has 0 saturated heterocycles. The quantitative estimate of drug-likeness (QED) is 0.695. The Bertz CT molecular complexity index is 479. The van der Waals surface area contributed by atoms with Crippen LogP contribution in [0.15, 0.2) is 12.1 Å². The molecule has 0 heterocycles. The fraction of sp³-hybridized carbons (Fsp3) is 0.533. The third kappa shape index (κ3) is 4.04. The van der Waals surface area contributed by atoms with Gasteiger partial charge >= 0.3 is 5.97 Å². The number of nitrogens with two attached hydrogens (primary N) is 1. The van der Waals surface area contributed by atoms with Crippen LogP contribution >= 0.6 is 11.6 Å². The van der Waals surface area contributed by atoms with Crippen molar-refractivity contribution >= 4 is 28.9 Å². The van der Waals surface area contributed by atoms with Crippen LogP contribution in [0, 0.1) is 17.8 Å². The Morgan fingerprint density at radius 2 is 1.85 bits per heavy atom. The zero-order valence-electron chi connectivity index (χ0n) is 12.4. The topological polar surface area (TPSA) is 75.3 Å². The van der Waals surface area contributed by atoms with Crippen LogP contribution in [0.25, 0.3) is 0 Å². The molecule has 4 nitrogen and oxygen atoms in total. The molecular formula is C15H23ClN2O2. The van der Waals surface area contributed by atoms with Crippen LogP contribution in [-0.4, -0.2) is 17.6 Å². The lowest BCUT2D eigenvalue weighted by molar-refractivity contribution is 0.0698. The van der Waals surface area contributed by atoms with Gasteiger partial charge < -0.3 is 16.2 Å². The van der Waals surface area contributed by atoms with Gasteiger partial charge in [0.25, 0.3) is 0 Å². The van der Waals surface area contributed by atoms with E-state index in [9.17, 15) is 9.90 Å². The van der Waals surface area contributed by atoms with Crippen molar-refractivity contribution in [2.75, 3.05) is 17.6 Å². The molecule has 1 aromatic carbocycles. The van der Waals surface area contributed by atoms with E-state index in [0.29, 0.717) is 40.7 Å². The number of carboxylic acid groups (broad SMARTS) is 1. The number of anilines is 2. The molecule has 0 atom stereocenters. The normalized spacial score (nSPS) is 11.4. The highest BCUT2D eigenvalue weighted by molar-refractivity contribution is 6.34. The maximum atomic E-state index is 11.3. The monoisotopic (exact) mass is 298 g/mol. The second-order valence-corrected chi connectivity index (χ2v) is 6.17. The number of rotatable bonds is 6. The van der Waals surface area contributed by atoms with Crippen LogP contribution in [0.4, 0.5) is 11.4 Å². The molecule has 0 unspecified atom stereocenters. The molecule has 0 aliphatic rings. The van der Waals surface area contributed by atoms with Gasteiger partial charge in [-0.25, -0.2) is 4.79 Å². The summed E-state index contributed by atoms with van der Waals surface area (Å²) in [5.74, 6) is 0.407. The van der Waals surface area contributed by atoms with Gasteiger partial charge in [0.1, 0.15) is 0 Å².